The van der Waals surface area contributed by atoms with Crippen molar-refractivity contribution < 1.29 is 9.47 Å². The molecule has 0 unspecified atom stereocenters. The van der Waals surface area contributed by atoms with Gasteiger partial charge in [-0.25, -0.2) is 0 Å². The Hall–Kier alpha value is -1.33. The standard InChI is InChI=1S/C14H17ClN2O2S/c1-14(2,3)10-7-9(18-4)5-6-11(10)19-8-12-16-17-13(15)20-12/h5-7H,8H2,1-4H3. The second-order valence-electron chi connectivity index (χ2n) is 5.35. The summed E-state index contributed by atoms with van der Waals surface area (Å²) >= 11 is 7.08. The number of hydrogen-bond acceptors (Lipinski definition) is 5. The summed E-state index contributed by atoms with van der Waals surface area (Å²) in [5, 5.41) is 8.46. The van der Waals surface area contributed by atoms with Crippen molar-refractivity contribution >= 4 is 22.9 Å². The van der Waals surface area contributed by atoms with Crippen LogP contribution in [0.15, 0.2) is 18.2 Å². The number of ether oxygens (including phenoxy) is 2. The number of benzene rings is 1. The largest absolute Gasteiger partial charge is 0.497 e. The zero-order valence-electron chi connectivity index (χ0n) is 11.9. The van der Waals surface area contributed by atoms with Gasteiger partial charge in [-0.2, -0.15) is 0 Å². The third kappa shape index (κ3) is 3.61. The molecule has 0 bridgehead atoms. The van der Waals surface area contributed by atoms with Gasteiger partial charge in [-0.3, -0.25) is 0 Å². The molecule has 0 aliphatic heterocycles. The lowest BCUT2D eigenvalue weighted by molar-refractivity contribution is 0.295. The van der Waals surface area contributed by atoms with E-state index in [1.807, 2.05) is 18.2 Å². The summed E-state index contributed by atoms with van der Waals surface area (Å²) < 4.78 is 11.6. The monoisotopic (exact) mass is 312 g/mol. The van der Waals surface area contributed by atoms with Gasteiger partial charge in [0.25, 0.3) is 0 Å². The highest BCUT2D eigenvalue weighted by molar-refractivity contribution is 7.15. The highest BCUT2D eigenvalue weighted by Crippen LogP contribution is 2.34. The van der Waals surface area contributed by atoms with Gasteiger partial charge in [-0.05, 0) is 35.2 Å². The molecule has 0 fully saturated rings. The minimum Gasteiger partial charge on any atom is -0.497 e. The number of methoxy groups -OCH3 is 1. The SMILES string of the molecule is COc1ccc(OCc2nnc(Cl)s2)c(C(C)(C)C)c1. The summed E-state index contributed by atoms with van der Waals surface area (Å²) in [5.74, 6) is 1.64. The lowest BCUT2D eigenvalue weighted by Crippen LogP contribution is -2.13. The molecule has 0 N–H and O–H groups in total. The molecule has 0 saturated carbocycles. The molecule has 0 amide bonds. The number of hydrogen-bond donors (Lipinski definition) is 0. The summed E-state index contributed by atoms with van der Waals surface area (Å²) in [5.41, 5.74) is 1.05. The normalized spacial score (nSPS) is 11.4. The van der Waals surface area contributed by atoms with Gasteiger partial charge in [-0.1, -0.05) is 32.1 Å². The van der Waals surface area contributed by atoms with Crippen LogP contribution in [0.1, 0.15) is 31.3 Å². The molecule has 0 aliphatic carbocycles. The van der Waals surface area contributed by atoms with E-state index in [-0.39, 0.29) is 5.41 Å². The minimum atomic E-state index is -0.0390. The first kappa shape index (κ1) is 15.1. The maximum atomic E-state index is 5.86. The number of nitrogens with zero attached hydrogens (tertiary/aromatic N) is 2. The van der Waals surface area contributed by atoms with Crippen LogP contribution in [0.2, 0.25) is 4.47 Å². The van der Waals surface area contributed by atoms with E-state index in [0.717, 1.165) is 22.1 Å². The topological polar surface area (TPSA) is 44.2 Å². The molecule has 2 aromatic rings. The van der Waals surface area contributed by atoms with Crippen molar-refractivity contribution in [2.45, 2.75) is 32.8 Å². The van der Waals surface area contributed by atoms with E-state index in [0.29, 0.717) is 11.1 Å². The molecule has 4 nitrogen and oxygen atoms in total. The molecule has 2 rings (SSSR count). The minimum absolute atomic E-state index is 0.0390. The molecular formula is C14H17ClN2O2S. The van der Waals surface area contributed by atoms with E-state index >= 15 is 0 Å². The second kappa shape index (κ2) is 5.97. The Labute approximate surface area is 127 Å². The molecule has 0 atom stereocenters. The fraction of sp³-hybridized carbons (Fsp3) is 0.429. The Bertz CT molecular complexity index is 593. The van der Waals surface area contributed by atoms with E-state index in [4.69, 9.17) is 21.1 Å². The number of halogens is 1. The van der Waals surface area contributed by atoms with Gasteiger partial charge < -0.3 is 9.47 Å². The molecule has 108 valence electrons. The molecule has 0 spiro atoms. The second-order valence-corrected chi connectivity index (χ2v) is 6.99. The van der Waals surface area contributed by atoms with Gasteiger partial charge in [0.2, 0.25) is 4.47 Å². The first-order chi connectivity index (χ1) is 9.40. The molecular weight excluding hydrogens is 296 g/mol. The molecule has 1 aromatic carbocycles. The van der Waals surface area contributed by atoms with Crippen molar-refractivity contribution in [2.24, 2.45) is 0 Å². The third-order valence-electron chi connectivity index (χ3n) is 2.79. The van der Waals surface area contributed by atoms with Gasteiger partial charge in [0, 0.05) is 5.56 Å². The lowest BCUT2D eigenvalue weighted by Gasteiger charge is -2.23. The Morgan fingerprint density at radius 1 is 1.25 bits per heavy atom. The van der Waals surface area contributed by atoms with Gasteiger partial charge in [0.1, 0.15) is 18.1 Å². The molecule has 20 heavy (non-hydrogen) atoms. The van der Waals surface area contributed by atoms with Crippen LogP contribution in [0.3, 0.4) is 0 Å². The first-order valence-corrected chi connectivity index (χ1v) is 7.39. The van der Waals surface area contributed by atoms with Crippen molar-refractivity contribution in [3.63, 3.8) is 0 Å². The van der Waals surface area contributed by atoms with Crippen molar-refractivity contribution in [3.8, 4) is 11.5 Å². The van der Waals surface area contributed by atoms with E-state index in [1.165, 1.54) is 11.3 Å². The Balaban J connectivity index is 2.22. The predicted octanol–water partition coefficient (Wildman–Crippen LogP) is 4.08. The fourth-order valence-electron chi connectivity index (χ4n) is 1.78. The summed E-state index contributed by atoms with van der Waals surface area (Å²) in [6.07, 6.45) is 0. The van der Waals surface area contributed by atoms with Crippen LogP contribution in [-0.4, -0.2) is 17.3 Å². The predicted molar refractivity (Wildman–Crippen MR) is 80.9 cm³/mol. The Morgan fingerprint density at radius 3 is 2.55 bits per heavy atom. The number of rotatable bonds is 4. The van der Waals surface area contributed by atoms with E-state index in [2.05, 4.69) is 31.0 Å². The first-order valence-electron chi connectivity index (χ1n) is 6.19. The van der Waals surface area contributed by atoms with Crippen LogP contribution in [0.4, 0.5) is 0 Å². The van der Waals surface area contributed by atoms with Crippen LogP contribution in [0.5, 0.6) is 11.5 Å². The summed E-state index contributed by atoms with van der Waals surface area (Å²) in [4.78, 5) is 0. The van der Waals surface area contributed by atoms with Crippen molar-refractivity contribution in [1.82, 2.24) is 10.2 Å². The van der Waals surface area contributed by atoms with Gasteiger partial charge in [0.05, 0.1) is 7.11 Å². The molecule has 1 heterocycles. The fourth-order valence-corrected chi connectivity index (χ4v) is 2.56. The van der Waals surface area contributed by atoms with Gasteiger partial charge in [-0.15, -0.1) is 10.2 Å². The van der Waals surface area contributed by atoms with Crippen LogP contribution >= 0.6 is 22.9 Å². The van der Waals surface area contributed by atoms with Crippen LogP contribution in [0, 0.1) is 0 Å². The zero-order chi connectivity index (χ0) is 14.8. The third-order valence-corrected chi connectivity index (χ3v) is 3.78. The smallest absolute Gasteiger partial charge is 0.207 e. The lowest BCUT2D eigenvalue weighted by atomic mass is 9.86. The Morgan fingerprint density at radius 2 is 2.00 bits per heavy atom. The maximum Gasteiger partial charge on any atom is 0.207 e. The van der Waals surface area contributed by atoms with Crippen molar-refractivity contribution in [2.75, 3.05) is 7.11 Å². The van der Waals surface area contributed by atoms with Crippen LogP contribution in [-0.2, 0) is 12.0 Å². The van der Waals surface area contributed by atoms with Gasteiger partial charge >= 0.3 is 0 Å². The Kier molecular flexibility index (Phi) is 4.50. The van der Waals surface area contributed by atoms with Gasteiger partial charge in [0.15, 0.2) is 5.01 Å². The molecule has 0 radical (unpaired) electrons. The highest BCUT2D eigenvalue weighted by atomic mass is 35.5. The van der Waals surface area contributed by atoms with E-state index in [9.17, 15) is 0 Å². The average Bonchev–Trinajstić information content (AvgIpc) is 2.81. The number of aromatic nitrogens is 2. The van der Waals surface area contributed by atoms with Crippen molar-refractivity contribution in [3.05, 3.63) is 33.2 Å². The quantitative estimate of drug-likeness (QED) is 0.853. The molecule has 0 saturated heterocycles. The van der Waals surface area contributed by atoms with E-state index < -0.39 is 0 Å². The van der Waals surface area contributed by atoms with E-state index in [1.54, 1.807) is 7.11 Å². The van der Waals surface area contributed by atoms with Crippen LogP contribution in [0.25, 0.3) is 0 Å². The maximum absolute atomic E-state index is 5.86. The zero-order valence-corrected chi connectivity index (χ0v) is 13.5. The summed E-state index contributed by atoms with van der Waals surface area (Å²) in [6.45, 7) is 6.77. The molecule has 1 aromatic heterocycles. The molecule has 6 heteroatoms. The van der Waals surface area contributed by atoms with Crippen LogP contribution < -0.4 is 9.47 Å². The molecule has 0 aliphatic rings. The summed E-state index contributed by atoms with van der Waals surface area (Å²) in [6, 6.07) is 5.81. The average molecular weight is 313 g/mol. The highest BCUT2D eigenvalue weighted by Gasteiger charge is 2.20. The van der Waals surface area contributed by atoms with Crippen molar-refractivity contribution in [1.29, 1.82) is 0 Å². The summed E-state index contributed by atoms with van der Waals surface area (Å²) in [7, 11) is 1.66.